The lowest BCUT2D eigenvalue weighted by Gasteiger charge is -2.32. The first-order valence-corrected chi connectivity index (χ1v) is 7.55. The van der Waals surface area contributed by atoms with Crippen LogP contribution in [0.1, 0.15) is 33.6 Å². The summed E-state index contributed by atoms with van der Waals surface area (Å²) >= 11 is 0. The van der Waals surface area contributed by atoms with Gasteiger partial charge in [0, 0.05) is 50.2 Å². The van der Waals surface area contributed by atoms with Gasteiger partial charge in [-0.2, -0.15) is 0 Å². The first-order chi connectivity index (χ1) is 9.54. The zero-order valence-corrected chi connectivity index (χ0v) is 12.9. The van der Waals surface area contributed by atoms with Crippen molar-refractivity contribution in [3.8, 4) is 0 Å². The lowest BCUT2D eigenvalue weighted by atomic mass is 10.1. The number of piperidine rings is 1. The fourth-order valence-electron chi connectivity index (χ4n) is 2.45. The van der Waals surface area contributed by atoms with Gasteiger partial charge in [0.2, 0.25) is 5.95 Å². The summed E-state index contributed by atoms with van der Waals surface area (Å²) in [4.78, 5) is 10.9. The summed E-state index contributed by atoms with van der Waals surface area (Å²) in [6.45, 7) is 10.7. The molecule has 0 aliphatic carbocycles. The predicted octanol–water partition coefficient (Wildman–Crippen LogP) is 1.42. The number of nitrogens with one attached hydrogen (secondary N) is 2. The van der Waals surface area contributed by atoms with Gasteiger partial charge >= 0.3 is 0 Å². The Kier molecular flexibility index (Phi) is 5.31. The van der Waals surface area contributed by atoms with E-state index in [1.807, 2.05) is 18.5 Å². The van der Waals surface area contributed by atoms with E-state index >= 15 is 0 Å². The Bertz CT molecular complexity index is 379. The van der Waals surface area contributed by atoms with Crippen molar-refractivity contribution in [3.63, 3.8) is 0 Å². The maximum absolute atomic E-state index is 4.31. The molecule has 5 nitrogen and oxygen atoms in total. The number of hydrogen-bond donors (Lipinski definition) is 2. The van der Waals surface area contributed by atoms with Gasteiger partial charge in [0.05, 0.1) is 0 Å². The predicted molar refractivity (Wildman–Crippen MR) is 83.0 cm³/mol. The third kappa shape index (κ3) is 5.06. The van der Waals surface area contributed by atoms with Crippen molar-refractivity contribution in [2.24, 2.45) is 0 Å². The summed E-state index contributed by atoms with van der Waals surface area (Å²) in [7, 11) is 0. The van der Waals surface area contributed by atoms with E-state index in [-0.39, 0.29) is 5.54 Å². The minimum absolute atomic E-state index is 0.204. The first-order valence-electron chi connectivity index (χ1n) is 7.55. The fraction of sp³-hybridized carbons (Fsp3) is 0.733. The van der Waals surface area contributed by atoms with Crippen LogP contribution in [0, 0.1) is 0 Å². The van der Waals surface area contributed by atoms with Crippen LogP contribution in [0.5, 0.6) is 0 Å². The van der Waals surface area contributed by atoms with Crippen molar-refractivity contribution in [3.05, 3.63) is 18.5 Å². The highest BCUT2D eigenvalue weighted by Crippen LogP contribution is 2.14. The molecule has 0 radical (unpaired) electrons. The molecule has 2 rings (SSSR count). The zero-order chi connectivity index (χ0) is 14.4. The van der Waals surface area contributed by atoms with Crippen molar-refractivity contribution in [2.45, 2.75) is 45.2 Å². The van der Waals surface area contributed by atoms with Gasteiger partial charge < -0.3 is 15.5 Å². The number of aromatic nitrogens is 2. The average molecular weight is 277 g/mol. The van der Waals surface area contributed by atoms with Crippen LogP contribution in [0.2, 0.25) is 0 Å². The third-order valence-electron chi connectivity index (χ3n) is 3.54. The topological polar surface area (TPSA) is 53.1 Å². The molecule has 1 aliphatic rings. The van der Waals surface area contributed by atoms with Crippen LogP contribution in [-0.4, -0.2) is 47.7 Å². The average Bonchev–Trinajstić information content (AvgIpc) is 2.44. The number of nitrogens with zero attached hydrogens (tertiary/aromatic N) is 3. The van der Waals surface area contributed by atoms with Crippen molar-refractivity contribution in [2.75, 3.05) is 31.1 Å². The smallest absolute Gasteiger partial charge is 0.225 e. The molecule has 2 N–H and O–H groups in total. The minimum atomic E-state index is 0.204. The fourth-order valence-corrected chi connectivity index (χ4v) is 2.45. The van der Waals surface area contributed by atoms with Crippen LogP contribution >= 0.6 is 0 Å². The molecule has 5 heteroatoms. The molecule has 0 unspecified atom stereocenters. The van der Waals surface area contributed by atoms with Crippen LogP contribution in [0.4, 0.5) is 5.95 Å². The Morgan fingerprint density at radius 2 is 1.80 bits per heavy atom. The Labute approximate surface area is 122 Å². The van der Waals surface area contributed by atoms with Crippen LogP contribution in [0.3, 0.4) is 0 Å². The summed E-state index contributed by atoms with van der Waals surface area (Å²) in [6.07, 6.45) is 5.94. The molecule has 1 aliphatic heterocycles. The normalized spacial score (nSPS) is 17.4. The molecule has 0 aromatic carbocycles. The van der Waals surface area contributed by atoms with E-state index in [0.717, 1.165) is 45.0 Å². The third-order valence-corrected chi connectivity index (χ3v) is 3.54. The molecule has 20 heavy (non-hydrogen) atoms. The maximum Gasteiger partial charge on any atom is 0.225 e. The van der Waals surface area contributed by atoms with Gasteiger partial charge in [0.25, 0.3) is 0 Å². The van der Waals surface area contributed by atoms with Crippen LogP contribution in [0.25, 0.3) is 0 Å². The van der Waals surface area contributed by atoms with Crippen molar-refractivity contribution >= 4 is 5.95 Å². The van der Waals surface area contributed by atoms with E-state index in [0.29, 0.717) is 6.04 Å². The Morgan fingerprint density at radius 3 is 2.40 bits per heavy atom. The summed E-state index contributed by atoms with van der Waals surface area (Å²) in [5, 5.41) is 7.14. The molecule has 0 saturated carbocycles. The Balaban J connectivity index is 1.65. The molecule has 1 saturated heterocycles. The van der Waals surface area contributed by atoms with Gasteiger partial charge in [-0.1, -0.05) is 0 Å². The molecule has 0 bridgehead atoms. The molecule has 1 fully saturated rings. The summed E-state index contributed by atoms with van der Waals surface area (Å²) in [5.74, 6) is 0.861. The van der Waals surface area contributed by atoms with Gasteiger partial charge in [-0.3, -0.25) is 0 Å². The number of rotatable bonds is 5. The zero-order valence-electron chi connectivity index (χ0n) is 12.9. The molecule has 0 atom stereocenters. The van der Waals surface area contributed by atoms with Gasteiger partial charge in [-0.15, -0.1) is 0 Å². The van der Waals surface area contributed by atoms with Gasteiger partial charge in [-0.25, -0.2) is 9.97 Å². The van der Waals surface area contributed by atoms with E-state index in [9.17, 15) is 0 Å². The van der Waals surface area contributed by atoms with E-state index < -0.39 is 0 Å². The highest BCUT2D eigenvalue weighted by atomic mass is 15.3. The maximum atomic E-state index is 4.31. The lowest BCUT2D eigenvalue weighted by Crippen LogP contribution is -2.46. The standard InChI is InChI=1S/C15H27N5/c1-15(2,3)19-10-9-16-13-5-11-20(12-6-13)14-17-7-4-8-18-14/h4,7-8,13,16,19H,5-6,9-12H2,1-3H3. The van der Waals surface area contributed by atoms with Crippen LogP contribution < -0.4 is 15.5 Å². The van der Waals surface area contributed by atoms with Gasteiger partial charge in [0.15, 0.2) is 0 Å². The van der Waals surface area contributed by atoms with Crippen LogP contribution in [0.15, 0.2) is 18.5 Å². The summed E-state index contributed by atoms with van der Waals surface area (Å²) in [6, 6.07) is 2.48. The van der Waals surface area contributed by atoms with Crippen molar-refractivity contribution in [1.82, 2.24) is 20.6 Å². The molecular weight excluding hydrogens is 250 g/mol. The van der Waals surface area contributed by atoms with E-state index in [2.05, 4.69) is 46.3 Å². The molecule has 0 amide bonds. The van der Waals surface area contributed by atoms with Gasteiger partial charge in [0.1, 0.15) is 0 Å². The van der Waals surface area contributed by atoms with E-state index in [1.165, 1.54) is 0 Å². The summed E-state index contributed by atoms with van der Waals surface area (Å²) in [5.41, 5.74) is 0.204. The monoisotopic (exact) mass is 277 g/mol. The Morgan fingerprint density at radius 1 is 1.15 bits per heavy atom. The molecule has 112 valence electrons. The largest absolute Gasteiger partial charge is 0.341 e. The molecule has 0 spiro atoms. The Hall–Kier alpha value is -1.20. The van der Waals surface area contributed by atoms with E-state index in [4.69, 9.17) is 0 Å². The second-order valence-corrected chi connectivity index (χ2v) is 6.44. The lowest BCUT2D eigenvalue weighted by molar-refractivity contribution is 0.381. The molecule has 1 aromatic heterocycles. The highest BCUT2D eigenvalue weighted by Gasteiger charge is 2.20. The molecule has 1 aromatic rings. The van der Waals surface area contributed by atoms with Crippen molar-refractivity contribution in [1.29, 1.82) is 0 Å². The minimum Gasteiger partial charge on any atom is -0.341 e. The molecule has 2 heterocycles. The second-order valence-electron chi connectivity index (χ2n) is 6.44. The number of hydrogen-bond acceptors (Lipinski definition) is 5. The van der Waals surface area contributed by atoms with Gasteiger partial charge in [-0.05, 0) is 39.7 Å². The van der Waals surface area contributed by atoms with Crippen LogP contribution in [-0.2, 0) is 0 Å². The SMILES string of the molecule is CC(C)(C)NCCNC1CCN(c2ncccn2)CC1. The number of anilines is 1. The van der Waals surface area contributed by atoms with Crippen molar-refractivity contribution < 1.29 is 0 Å². The molecular formula is C15H27N5. The highest BCUT2D eigenvalue weighted by molar-refractivity contribution is 5.29. The van der Waals surface area contributed by atoms with E-state index in [1.54, 1.807) is 0 Å². The first kappa shape index (κ1) is 15.2. The quantitative estimate of drug-likeness (QED) is 0.797. The summed E-state index contributed by atoms with van der Waals surface area (Å²) < 4.78 is 0. The second kappa shape index (κ2) is 6.99.